The lowest BCUT2D eigenvalue weighted by atomic mass is 10.1. The number of hydrogen-bond donors (Lipinski definition) is 0. The minimum atomic E-state index is 0.260. The van der Waals surface area contributed by atoms with Crippen molar-refractivity contribution in [3.63, 3.8) is 0 Å². The maximum Gasteiger partial charge on any atom is 0.0643 e. The van der Waals surface area contributed by atoms with Gasteiger partial charge in [0.15, 0.2) is 0 Å². The van der Waals surface area contributed by atoms with E-state index in [1.165, 1.54) is 16.8 Å². The Kier molecular flexibility index (Phi) is 3.74. The average molecular weight is 202 g/mol. The monoisotopic (exact) mass is 202 g/mol. The maximum absolute atomic E-state index is 8.68. The van der Waals surface area contributed by atoms with Crippen LogP contribution >= 0.6 is 0 Å². The number of nitrogens with zero attached hydrogens (tertiary/aromatic N) is 2. The second-order valence-corrected chi connectivity index (χ2v) is 4.04. The minimum absolute atomic E-state index is 0.260. The van der Waals surface area contributed by atoms with Crippen molar-refractivity contribution in [2.75, 3.05) is 11.9 Å². The molecular weight excluding hydrogens is 184 g/mol. The molecule has 0 fully saturated rings. The van der Waals surface area contributed by atoms with Gasteiger partial charge in [0, 0.05) is 18.8 Å². The Bertz CT molecular complexity index is 377. The van der Waals surface area contributed by atoms with E-state index in [4.69, 9.17) is 5.26 Å². The van der Waals surface area contributed by atoms with Crippen molar-refractivity contribution < 1.29 is 0 Å². The van der Waals surface area contributed by atoms with E-state index in [1.807, 2.05) is 7.05 Å². The van der Waals surface area contributed by atoms with E-state index in [1.54, 1.807) is 0 Å². The van der Waals surface area contributed by atoms with E-state index >= 15 is 0 Å². The molecule has 2 heteroatoms. The molecule has 1 aromatic rings. The van der Waals surface area contributed by atoms with Crippen LogP contribution in [0, 0.1) is 25.2 Å². The molecule has 0 saturated carbocycles. The highest BCUT2D eigenvalue weighted by atomic mass is 15.1. The zero-order valence-corrected chi connectivity index (χ0v) is 9.91. The lowest BCUT2D eigenvalue weighted by molar-refractivity contribution is 0.700. The molecule has 0 bridgehead atoms. The summed E-state index contributed by atoms with van der Waals surface area (Å²) in [7, 11) is 2.05. The van der Waals surface area contributed by atoms with E-state index in [9.17, 15) is 0 Å². The molecule has 0 spiro atoms. The first-order chi connectivity index (χ1) is 7.07. The van der Waals surface area contributed by atoms with Crippen molar-refractivity contribution >= 4 is 5.69 Å². The van der Waals surface area contributed by atoms with Crippen molar-refractivity contribution in [3.8, 4) is 6.07 Å². The summed E-state index contributed by atoms with van der Waals surface area (Å²) in [6.45, 7) is 6.31. The highest BCUT2D eigenvalue weighted by Crippen LogP contribution is 2.23. The molecule has 0 aliphatic heterocycles. The van der Waals surface area contributed by atoms with Crippen LogP contribution in [-0.4, -0.2) is 13.1 Å². The highest BCUT2D eigenvalue weighted by Gasteiger charge is 2.11. The molecule has 1 unspecified atom stereocenters. The van der Waals surface area contributed by atoms with Gasteiger partial charge >= 0.3 is 0 Å². The molecule has 80 valence electrons. The summed E-state index contributed by atoms with van der Waals surface area (Å²) < 4.78 is 0. The van der Waals surface area contributed by atoms with Gasteiger partial charge in [-0.1, -0.05) is 12.1 Å². The van der Waals surface area contributed by atoms with Crippen LogP contribution < -0.4 is 4.90 Å². The number of benzene rings is 1. The molecule has 1 aromatic carbocycles. The molecule has 1 rings (SSSR count). The Balaban J connectivity index is 2.96. The Labute approximate surface area is 92.1 Å². The van der Waals surface area contributed by atoms with Crippen molar-refractivity contribution in [1.29, 1.82) is 5.26 Å². The van der Waals surface area contributed by atoms with E-state index in [-0.39, 0.29) is 6.04 Å². The topological polar surface area (TPSA) is 27.0 Å². The van der Waals surface area contributed by atoms with Gasteiger partial charge in [0.05, 0.1) is 12.5 Å². The first-order valence-electron chi connectivity index (χ1n) is 5.24. The molecule has 0 aromatic heterocycles. The van der Waals surface area contributed by atoms with Gasteiger partial charge < -0.3 is 4.90 Å². The Morgan fingerprint density at radius 3 is 2.67 bits per heavy atom. The molecule has 0 amide bonds. The van der Waals surface area contributed by atoms with Gasteiger partial charge in [0.1, 0.15) is 0 Å². The molecule has 15 heavy (non-hydrogen) atoms. The largest absolute Gasteiger partial charge is 0.371 e. The summed E-state index contributed by atoms with van der Waals surface area (Å²) in [5.41, 5.74) is 3.81. The SMILES string of the molecule is Cc1cccc(N(C)C(C)CC#N)c1C. The molecule has 0 aliphatic rings. The standard InChI is InChI=1S/C13H18N2/c1-10-6-5-7-13(12(10)3)15(4)11(2)8-9-14/h5-7,11H,8H2,1-4H3. The van der Waals surface area contributed by atoms with Crippen LogP contribution in [0.25, 0.3) is 0 Å². The quantitative estimate of drug-likeness (QED) is 0.753. The van der Waals surface area contributed by atoms with Crippen LogP contribution in [0.2, 0.25) is 0 Å². The summed E-state index contributed by atoms with van der Waals surface area (Å²) in [6, 6.07) is 8.75. The maximum atomic E-state index is 8.68. The van der Waals surface area contributed by atoms with Crippen molar-refractivity contribution in [2.45, 2.75) is 33.2 Å². The zero-order chi connectivity index (χ0) is 11.4. The van der Waals surface area contributed by atoms with E-state index in [0.717, 1.165) is 0 Å². The fourth-order valence-electron chi connectivity index (χ4n) is 1.62. The lowest BCUT2D eigenvalue weighted by Gasteiger charge is -2.27. The van der Waals surface area contributed by atoms with Crippen LogP contribution in [0.15, 0.2) is 18.2 Å². The third-order valence-electron chi connectivity index (χ3n) is 3.00. The van der Waals surface area contributed by atoms with Gasteiger partial charge in [0.25, 0.3) is 0 Å². The summed E-state index contributed by atoms with van der Waals surface area (Å²) >= 11 is 0. The molecule has 0 radical (unpaired) electrons. The van der Waals surface area contributed by atoms with Gasteiger partial charge in [0.2, 0.25) is 0 Å². The fourth-order valence-corrected chi connectivity index (χ4v) is 1.62. The van der Waals surface area contributed by atoms with Crippen LogP contribution in [0.3, 0.4) is 0 Å². The number of hydrogen-bond acceptors (Lipinski definition) is 2. The van der Waals surface area contributed by atoms with Gasteiger partial charge in [-0.15, -0.1) is 0 Å². The normalized spacial score (nSPS) is 11.9. The minimum Gasteiger partial charge on any atom is -0.371 e. The number of rotatable bonds is 3. The summed E-state index contributed by atoms with van der Waals surface area (Å²) in [6.07, 6.45) is 0.559. The van der Waals surface area contributed by atoms with Gasteiger partial charge in [-0.2, -0.15) is 5.26 Å². The zero-order valence-electron chi connectivity index (χ0n) is 9.91. The van der Waals surface area contributed by atoms with Crippen molar-refractivity contribution in [3.05, 3.63) is 29.3 Å². The summed E-state index contributed by atoms with van der Waals surface area (Å²) in [4.78, 5) is 2.17. The Morgan fingerprint density at radius 2 is 2.07 bits per heavy atom. The van der Waals surface area contributed by atoms with E-state index < -0.39 is 0 Å². The lowest BCUT2D eigenvalue weighted by Crippen LogP contribution is -2.29. The summed E-state index contributed by atoms with van der Waals surface area (Å²) in [5, 5.41) is 8.68. The smallest absolute Gasteiger partial charge is 0.0643 e. The molecule has 0 aliphatic carbocycles. The fraction of sp³-hybridized carbons (Fsp3) is 0.462. The van der Waals surface area contributed by atoms with E-state index in [2.05, 4.69) is 49.9 Å². The van der Waals surface area contributed by atoms with Crippen LogP contribution in [0.5, 0.6) is 0 Å². The first kappa shape index (κ1) is 11.6. The third-order valence-corrected chi connectivity index (χ3v) is 3.00. The van der Waals surface area contributed by atoms with Crippen LogP contribution in [0.1, 0.15) is 24.5 Å². The average Bonchev–Trinajstić information content (AvgIpc) is 2.21. The second kappa shape index (κ2) is 4.84. The molecule has 0 heterocycles. The molecule has 0 saturated heterocycles. The van der Waals surface area contributed by atoms with Crippen molar-refractivity contribution in [2.24, 2.45) is 0 Å². The number of aryl methyl sites for hydroxylation is 1. The van der Waals surface area contributed by atoms with E-state index in [0.29, 0.717) is 6.42 Å². The van der Waals surface area contributed by atoms with Gasteiger partial charge in [-0.05, 0) is 38.0 Å². The van der Waals surface area contributed by atoms with Gasteiger partial charge in [-0.3, -0.25) is 0 Å². The Morgan fingerprint density at radius 1 is 1.40 bits per heavy atom. The predicted octanol–water partition coefficient (Wildman–Crippen LogP) is 3.04. The van der Waals surface area contributed by atoms with Crippen LogP contribution in [-0.2, 0) is 0 Å². The van der Waals surface area contributed by atoms with Gasteiger partial charge in [-0.25, -0.2) is 0 Å². The summed E-state index contributed by atoms with van der Waals surface area (Å²) in [5.74, 6) is 0. The molecule has 2 nitrogen and oxygen atoms in total. The van der Waals surface area contributed by atoms with Crippen molar-refractivity contribution in [1.82, 2.24) is 0 Å². The predicted molar refractivity (Wildman–Crippen MR) is 64.0 cm³/mol. The first-order valence-corrected chi connectivity index (χ1v) is 5.24. The van der Waals surface area contributed by atoms with Crippen LogP contribution in [0.4, 0.5) is 5.69 Å². The number of anilines is 1. The Hall–Kier alpha value is -1.49. The highest BCUT2D eigenvalue weighted by molar-refractivity contribution is 5.56. The molecule has 0 N–H and O–H groups in total. The third kappa shape index (κ3) is 2.50. The molecule has 1 atom stereocenters. The molecular formula is C13H18N2. The second-order valence-electron chi connectivity index (χ2n) is 4.04. The number of nitriles is 1.